The average molecular weight is 534 g/mol. The first kappa shape index (κ1) is 27.4. The van der Waals surface area contributed by atoms with Gasteiger partial charge in [-0.3, -0.25) is 14.6 Å². The van der Waals surface area contributed by atoms with Crippen LogP contribution in [0.5, 0.6) is 0 Å². The predicted molar refractivity (Wildman–Crippen MR) is 154 cm³/mol. The van der Waals surface area contributed by atoms with Crippen molar-refractivity contribution in [3.05, 3.63) is 53.9 Å². The van der Waals surface area contributed by atoms with Gasteiger partial charge in [0.05, 0.1) is 27.1 Å². The summed E-state index contributed by atoms with van der Waals surface area (Å²) in [6, 6.07) is 10.1. The number of nitrogens with two attached hydrogens (primary N) is 1. The summed E-state index contributed by atoms with van der Waals surface area (Å²) in [6.07, 6.45) is 6.66. The van der Waals surface area contributed by atoms with E-state index >= 15 is 0 Å². The first-order chi connectivity index (χ1) is 18.2. The number of aromatic nitrogens is 3. The second-order valence-electron chi connectivity index (χ2n) is 10.1. The van der Waals surface area contributed by atoms with Crippen molar-refractivity contribution >= 4 is 55.6 Å². The van der Waals surface area contributed by atoms with Gasteiger partial charge in [0.2, 0.25) is 0 Å². The van der Waals surface area contributed by atoms with Crippen LogP contribution in [0.2, 0.25) is 0 Å². The molecule has 1 saturated heterocycles. The van der Waals surface area contributed by atoms with Crippen LogP contribution in [0.4, 0.5) is 11.5 Å². The van der Waals surface area contributed by atoms with Crippen molar-refractivity contribution in [2.45, 2.75) is 32.6 Å². The number of carbonyl (C=O) groups excluding carboxylic acids is 2. The highest BCUT2D eigenvalue weighted by Crippen LogP contribution is 2.27. The fourth-order valence-electron chi connectivity index (χ4n) is 4.64. The summed E-state index contributed by atoms with van der Waals surface area (Å²) in [6.45, 7) is 6.62. The van der Waals surface area contributed by atoms with Gasteiger partial charge in [-0.15, -0.1) is 11.3 Å². The molecule has 3 aromatic heterocycles. The Labute approximate surface area is 227 Å². The number of anilines is 2. The van der Waals surface area contributed by atoms with Gasteiger partial charge in [0.25, 0.3) is 0 Å². The van der Waals surface area contributed by atoms with Crippen LogP contribution in [0.3, 0.4) is 0 Å². The number of amides is 2. The quantitative estimate of drug-likeness (QED) is 0.374. The molecular weight excluding hydrogens is 498 g/mol. The Morgan fingerprint density at radius 2 is 2.00 bits per heavy atom. The van der Waals surface area contributed by atoms with Crippen LogP contribution in [-0.2, 0) is 9.59 Å². The number of nitrogens with zero attached hydrogens (tertiary/aromatic N) is 5. The fraction of sp³-hybridized carbons (Fsp3) is 0.393. The lowest BCUT2D eigenvalue weighted by molar-refractivity contribution is -0.144. The van der Waals surface area contributed by atoms with E-state index in [2.05, 4.69) is 71.3 Å². The van der Waals surface area contributed by atoms with Crippen molar-refractivity contribution in [3.8, 4) is 0 Å². The second-order valence-corrected chi connectivity index (χ2v) is 11.2. The van der Waals surface area contributed by atoms with Crippen LogP contribution in [0.25, 0.3) is 21.0 Å². The van der Waals surface area contributed by atoms with Gasteiger partial charge in [-0.05, 0) is 51.1 Å². The number of likely N-dealkylation sites (tertiary alicyclic amines) is 1. The Hall–Kier alpha value is -3.63. The Kier molecular flexibility index (Phi) is 8.85. The molecule has 10 heteroatoms. The lowest BCUT2D eigenvalue weighted by Gasteiger charge is -2.30. The molecule has 5 rings (SSSR count). The number of hydrogen-bond donors (Lipinski definition) is 2. The molecule has 4 heterocycles. The average Bonchev–Trinajstić information content (AvgIpc) is 3.34. The van der Waals surface area contributed by atoms with E-state index in [1.165, 1.54) is 15.9 Å². The minimum absolute atomic E-state index is 0.335. The standard InChI is InChI=1S/C16H19N5O2.C12H16N2S/c1-10-3-2-6-21(9-10)16(23)15(22)20-13-8-18-7-12-11(13)4-5-19-14(12)17;1-9(8-14(2)3)12-13-10-6-4-5-7-11(10)15-12/h4-5,7-8,10H,2-3,6,9H2,1H3,(H2,17,19)(H,20,22);4-7,9H,8H2,1-3H3. The largest absolute Gasteiger partial charge is 0.383 e. The fourth-order valence-corrected chi connectivity index (χ4v) is 5.65. The van der Waals surface area contributed by atoms with E-state index in [-0.39, 0.29) is 0 Å². The number of likely N-dealkylation sites (N-methyl/N-ethyl adjacent to an activating group) is 1. The molecule has 1 aliphatic rings. The molecule has 1 aromatic carbocycles. The van der Waals surface area contributed by atoms with E-state index in [4.69, 9.17) is 5.73 Å². The van der Waals surface area contributed by atoms with Crippen LogP contribution >= 0.6 is 11.3 Å². The van der Waals surface area contributed by atoms with Gasteiger partial charge in [0.15, 0.2) is 0 Å². The summed E-state index contributed by atoms with van der Waals surface area (Å²) < 4.78 is 1.29. The second kappa shape index (κ2) is 12.3. The molecule has 0 spiro atoms. The molecule has 9 nitrogen and oxygen atoms in total. The Morgan fingerprint density at radius 1 is 1.21 bits per heavy atom. The number of piperidine rings is 1. The lowest BCUT2D eigenvalue weighted by atomic mass is 10.0. The van der Waals surface area contributed by atoms with E-state index in [1.54, 1.807) is 23.4 Å². The third-order valence-electron chi connectivity index (χ3n) is 6.48. The minimum atomic E-state index is -0.649. The molecule has 0 bridgehead atoms. The summed E-state index contributed by atoms with van der Waals surface area (Å²) in [4.78, 5) is 41.1. The van der Waals surface area contributed by atoms with Crippen LogP contribution in [-0.4, -0.2) is 70.3 Å². The normalized spacial score (nSPS) is 16.2. The minimum Gasteiger partial charge on any atom is -0.383 e. The van der Waals surface area contributed by atoms with Crippen molar-refractivity contribution in [2.75, 3.05) is 44.8 Å². The zero-order valence-electron chi connectivity index (χ0n) is 22.3. The topological polar surface area (TPSA) is 117 Å². The molecule has 3 N–H and O–H groups in total. The van der Waals surface area contributed by atoms with E-state index in [0.717, 1.165) is 24.9 Å². The van der Waals surface area contributed by atoms with Crippen molar-refractivity contribution in [1.82, 2.24) is 24.8 Å². The molecule has 2 amide bonds. The monoisotopic (exact) mass is 533 g/mol. The summed E-state index contributed by atoms with van der Waals surface area (Å²) in [5.74, 6) is 0.115. The van der Waals surface area contributed by atoms with Gasteiger partial charge in [-0.25, -0.2) is 9.97 Å². The Morgan fingerprint density at radius 3 is 2.74 bits per heavy atom. The van der Waals surface area contributed by atoms with Crippen molar-refractivity contribution in [3.63, 3.8) is 0 Å². The Bertz CT molecular complexity index is 1390. The smallest absolute Gasteiger partial charge is 0.313 e. The first-order valence-corrected chi connectivity index (χ1v) is 13.6. The van der Waals surface area contributed by atoms with Gasteiger partial charge in [-0.1, -0.05) is 26.0 Å². The lowest BCUT2D eigenvalue weighted by Crippen LogP contribution is -2.44. The molecular formula is C28H35N7O2S. The predicted octanol–water partition coefficient (Wildman–Crippen LogP) is 4.37. The molecule has 1 aliphatic heterocycles. The maximum atomic E-state index is 12.3. The van der Waals surface area contributed by atoms with E-state index in [9.17, 15) is 9.59 Å². The summed E-state index contributed by atoms with van der Waals surface area (Å²) in [7, 11) is 4.20. The third kappa shape index (κ3) is 6.62. The van der Waals surface area contributed by atoms with Crippen LogP contribution in [0, 0.1) is 5.92 Å². The highest BCUT2D eigenvalue weighted by molar-refractivity contribution is 7.18. The number of fused-ring (bicyclic) bond motifs is 2. The van der Waals surface area contributed by atoms with Gasteiger partial charge >= 0.3 is 11.8 Å². The third-order valence-corrected chi connectivity index (χ3v) is 7.74. The van der Waals surface area contributed by atoms with Crippen LogP contribution < -0.4 is 11.1 Å². The molecule has 1 fully saturated rings. The summed E-state index contributed by atoms with van der Waals surface area (Å²) in [5, 5.41) is 5.24. The first-order valence-electron chi connectivity index (χ1n) is 12.8. The SMILES string of the molecule is CC(CN(C)C)c1nc2ccccc2s1.CC1CCCN(C(=O)C(=O)Nc2cncc3c(N)nccc23)C1. The van der Waals surface area contributed by atoms with Crippen molar-refractivity contribution in [1.29, 1.82) is 0 Å². The molecule has 4 aromatic rings. The van der Waals surface area contributed by atoms with Gasteiger partial charge in [0.1, 0.15) is 5.82 Å². The van der Waals surface area contributed by atoms with Gasteiger partial charge in [-0.2, -0.15) is 0 Å². The number of rotatable bonds is 4. The van der Waals surface area contributed by atoms with Crippen molar-refractivity contribution in [2.24, 2.45) is 5.92 Å². The summed E-state index contributed by atoms with van der Waals surface area (Å²) in [5.41, 5.74) is 7.40. The van der Waals surface area contributed by atoms with Crippen LogP contribution in [0.1, 0.15) is 37.6 Å². The highest BCUT2D eigenvalue weighted by atomic mass is 32.1. The maximum absolute atomic E-state index is 12.3. The van der Waals surface area contributed by atoms with Gasteiger partial charge in [0, 0.05) is 48.7 Å². The van der Waals surface area contributed by atoms with E-state index in [0.29, 0.717) is 47.2 Å². The number of carbonyl (C=O) groups is 2. The van der Waals surface area contributed by atoms with E-state index < -0.39 is 11.8 Å². The van der Waals surface area contributed by atoms with Crippen molar-refractivity contribution < 1.29 is 9.59 Å². The molecule has 2 atom stereocenters. The highest BCUT2D eigenvalue weighted by Gasteiger charge is 2.26. The molecule has 200 valence electrons. The zero-order valence-corrected chi connectivity index (χ0v) is 23.2. The Balaban J connectivity index is 0.000000194. The number of thiazole rings is 1. The number of para-hydroxylation sites is 1. The maximum Gasteiger partial charge on any atom is 0.313 e. The number of hydrogen-bond acceptors (Lipinski definition) is 8. The van der Waals surface area contributed by atoms with E-state index in [1.807, 2.05) is 17.4 Å². The summed E-state index contributed by atoms with van der Waals surface area (Å²) >= 11 is 1.81. The molecule has 0 radical (unpaired) electrons. The number of nitrogen functional groups attached to an aromatic ring is 1. The number of benzene rings is 1. The van der Waals surface area contributed by atoms with Gasteiger partial charge < -0.3 is 20.9 Å². The molecule has 2 unspecified atom stereocenters. The zero-order chi connectivity index (χ0) is 27.2. The number of nitrogens with one attached hydrogen (secondary N) is 1. The number of pyridine rings is 2. The van der Waals surface area contributed by atoms with Crippen LogP contribution in [0.15, 0.2) is 48.9 Å². The molecule has 38 heavy (non-hydrogen) atoms. The molecule has 0 aliphatic carbocycles. The molecule has 0 saturated carbocycles.